The lowest BCUT2D eigenvalue weighted by Gasteiger charge is -2.27. The molecular formula is C26H44N6O5. The van der Waals surface area contributed by atoms with E-state index < -0.39 is 47.9 Å². The van der Waals surface area contributed by atoms with Crippen LogP contribution < -0.4 is 33.2 Å². The van der Waals surface area contributed by atoms with Crippen LogP contribution in [0.4, 0.5) is 0 Å². The summed E-state index contributed by atoms with van der Waals surface area (Å²) in [5.74, 6) is -3.12. The molecule has 0 aliphatic carbocycles. The standard InChI is InChI=1S/C26H44N6O5/c1-17(2)22(25(35)31-21(26(36)37)16-18-10-4-3-5-11-18)32-24(34)20(13-7-9-15-28)30-23(33)19(29)12-6-8-14-27/h3-5,10-11,17,19-22H,6-9,12-16,27-29H2,1-2H3,(H,30,33)(H,31,35)(H,32,34)(H,36,37). The van der Waals surface area contributed by atoms with Crippen LogP contribution in [0.15, 0.2) is 30.3 Å². The largest absolute Gasteiger partial charge is 0.480 e. The van der Waals surface area contributed by atoms with Gasteiger partial charge in [-0.3, -0.25) is 14.4 Å². The summed E-state index contributed by atoms with van der Waals surface area (Å²) in [7, 11) is 0. The maximum atomic E-state index is 13.2. The number of unbranched alkanes of at least 4 members (excludes halogenated alkanes) is 2. The van der Waals surface area contributed by atoms with E-state index in [0.717, 1.165) is 12.0 Å². The summed E-state index contributed by atoms with van der Waals surface area (Å²) in [5, 5.41) is 17.6. The van der Waals surface area contributed by atoms with Crippen LogP contribution in [0.25, 0.3) is 0 Å². The molecule has 37 heavy (non-hydrogen) atoms. The number of carboxylic acid groups (broad SMARTS) is 1. The Hall–Kier alpha value is -3.02. The summed E-state index contributed by atoms with van der Waals surface area (Å²) in [6.45, 7) is 4.43. The van der Waals surface area contributed by atoms with Gasteiger partial charge in [-0.2, -0.15) is 0 Å². The minimum absolute atomic E-state index is 0.0977. The first-order chi connectivity index (χ1) is 17.6. The van der Waals surface area contributed by atoms with Crippen molar-refractivity contribution in [2.75, 3.05) is 13.1 Å². The molecule has 0 bridgehead atoms. The third-order valence-electron chi connectivity index (χ3n) is 6.03. The number of amides is 3. The molecule has 0 saturated heterocycles. The molecule has 1 aromatic carbocycles. The summed E-state index contributed by atoms with van der Waals surface area (Å²) in [5.41, 5.74) is 17.8. The molecule has 11 heteroatoms. The Morgan fingerprint density at radius 1 is 0.784 bits per heavy atom. The van der Waals surface area contributed by atoms with Gasteiger partial charge in [-0.15, -0.1) is 0 Å². The second-order valence-electron chi connectivity index (χ2n) is 9.56. The van der Waals surface area contributed by atoms with Gasteiger partial charge in [-0.05, 0) is 56.7 Å². The van der Waals surface area contributed by atoms with E-state index in [9.17, 15) is 24.3 Å². The molecule has 0 heterocycles. The van der Waals surface area contributed by atoms with E-state index in [1.165, 1.54) is 0 Å². The van der Waals surface area contributed by atoms with Crippen LogP contribution >= 0.6 is 0 Å². The Bertz CT molecular complexity index is 851. The molecule has 0 aromatic heterocycles. The lowest BCUT2D eigenvalue weighted by Crippen LogP contribution is -2.58. The summed E-state index contributed by atoms with van der Waals surface area (Å²) in [6.07, 6.45) is 3.55. The van der Waals surface area contributed by atoms with Gasteiger partial charge in [0.15, 0.2) is 0 Å². The summed E-state index contributed by atoms with van der Waals surface area (Å²) < 4.78 is 0. The topological polar surface area (TPSA) is 203 Å². The molecule has 3 amide bonds. The average molecular weight is 521 g/mol. The Kier molecular flexibility index (Phi) is 15.1. The zero-order valence-electron chi connectivity index (χ0n) is 21.9. The summed E-state index contributed by atoms with van der Waals surface area (Å²) >= 11 is 0. The number of hydrogen-bond acceptors (Lipinski definition) is 7. The van der Waals surface area contributed by atoms with E-state index in [4.69, 9.17) is 17.2 Å². The predicted octanol–water partition coefficient (Wildman–Crippen LogP) is 0.00940. The number of benzene rings is 1. The molecule has 11 nitrogen and oxygen atoms in total. The van der Waals surface area contributed by atoms with Gasteiger partial charge in [-0.25, -0.2) is 4.79 Å². The smallest absolute Gasteiger partial charge is 0.326 e. The third kappa shape index (κ3) is 12.2. The van der Waals surface area contributed by atoms with Crippen LogP contribution in [-0.2, 0) is 25.6 Å². The van der Waals surface area contributed by atoms with Gasteiger partial charge in [0.1, 0.15) is 18.1 Å². The number of aliphatic carboxylic acids is 1. The van der Waals surface area contributed by atoms with Crippen LogP contribution in [-0.4, -0.2) is 66.1 Å². The molecule has 0 radical (unpaired) electrons. The third-order valence-corrected chi connectivity index (χ3v) is 6.03. The molecule has 4 atom stereocenters. The highest BCUT2D eigenvalue weighted by molar-refractivity contribution is 5.94. The van der Waals surface area contributed by atoms with Crippen LogP contribution in [0.2, 0.25) is 0 Å². The molecule has 1 rings (SSSR count). The quantitative estimate of drug-likeness (QED) is 0.131. The van der Waals surface area contributed by atoms with E-state index in [-0.39, 0.29) is 12.3 Å². The van der Waals surface area contributed by atoms with Gasteiger partial charge in [0.25, 0.3) is 0 Å². The Balaban J connectivity index is 2.91. The van der Waals surface area contributed by atoms with E-state index in [1.807, 2.05) is 6.07 Å². The number of hydrogen-bond donors (Lipinski definition) is 7. The molecule has 0 aliphatic heterocycles. The molecule has 208 valence electrons. The van der Waals surface area contributed by atoms with Gasteiger partial charge in [0.2, 0.25) is 17.7 Å². The Labute approximate surface area is 219 Å². The number of rotatable bonds is 18. The minimum Gasteiger partial charge on any atom is -0.480 e. The van der Waals surface area contributed by atoms with E-state index in [1.54, 1.807) is 38.1 Å². The van der Waals surface area contributed by atoms with Crippen molar-refractivity contribution in [1.29, 1.82) is 0 Å². The van der Waals surface area contributed by atoms with Gasteiger partial charge in [0.05, 0.1) is 6.04 Å². The van der Waals surface area contributed by atoms with Crippen molar-refractivity contribution in [3.05, 3.63) is 35.9 Å². The van der Waals surface area contributed by atoms with Crippen LogP contribution in [0.5, 0.6) is 0 Å². The average Bonchev–Trinajstić information content (AvgIpc) is 2.86. The van der Waals surface area contributed by atoms with Gasteiger partial charge in [-0.1, -0.05) is 50.6 Å². The van der Waals surface area contributed by atoms with Crippen molar-refractivity contribution in [2.24, 2.45) is 23.1 Å². The number of carboxylic acids is 1. The van der Waals surface area contributed by atoms with E-state index >= 15 is 0 Å². The van der Waals surface area contributed by atoms with Crippen molar-refractivity contribution in [3.63, 3.8) is 0 Å². The zero-order valence-corrected chi connectivity index (χ0v) is 21.9. The van der Waals surface area contributed by atoms with Gasteiger partial charge < -0.3 is 38.3 Å². The van der Waals surface area contributed by atoms with Gasteiger partial charge >= 0.3 is 5.97 Å². The van der Waals surface area contributed by atoms with E-state index in [2.05, 4.69) is 16.0 Å². The molecule has 10 N–H and O–H groups in total. The highest BCUT2D eigenvalue weighted by Gasteiger charge is 2.31. The number of carbonyl (C=O) groups is 4. The zero-order chi connectivity index (χ0) is 27.8. The highest BCUT2D eigenvalue weighted by Crippen LogP contribution is 2.09. The maximum absolute atomic E-state index is 13.2. The van der Waals surface area contributed by atoms with Crippen molar-refractivity contribution in [3.8, 4) is 0 Å². The van der Waals surface area contributed by atoms with Crippen molar-refractivity contribution in [1.82, 2.24) is 16.0 Å². The first kappa shape index (κ1) is 32.0. The highest BCUT2D eigenvalue weighted by atomic mass is 16.4. The summed E-state index contributed by atoms with van der Waals surface area (Å²) in [6, 6.07) is 5.09. The Morgan fingerprint density at radius 3 is 1.89 bits per heavy atom. The minimum atomic E-state index is -1.18. The van der Waals surface area contributed by atoms with Crippen LogP contribution in [0, 0.1) is 5.92 Å². The molecule has 0 fully saturated rings. The number of nitrogens with two attached hydrogens (primary N) is 3. The SMILES string of the molecule is CC(C)C(NC(=O)C(CCCCN)NC(=O)C(N)CCCCN)C(=O)NC(Cc1ccccc1)C(=O)O. The Morgan fingerprint density at radius 2 is 1.35 bits per heavy atom. The van der Waals surface area contributed by atoms with Crippen molar-refractivity contribution in [2.45, 2.75) is 83.0 Å². The number of nitrogens with one attached hydrogen (secondary N) is 3. The monoisotopic (exact) mass is 520 g/mol. The first-order valence-electron chi connectivity index (χ1n) is 12.9. The fourth-order valence-electron chi connectivity index (χ4n) is 3.78. The maximum Gasteiger partial charge on any atom is 0.326 e. The fourth-order valence-corrected chi connectivity index (χ4v) is 3.78. The summed E-state index contributed by atoms with van der Waals surface area (Å²) in [4.78, 5) is 50.7. The van der Waals surface area contributed by atoms with Gasteiger partial charge in [0, 0.05) is 6.42 Å². The molecule has 4 unspecified atom stereocenters. The van der Waals surface area contributed by atoms with Crippen molar-refractivity contribution >= 4 is 23.7 Å². The van der Waals surface area contributed by atoms with Crippen LogP contribution in [0.3, 0.4) is 0 Å². The van der Waals surface area contributed by atoms with Crippen molar-refractivity contribution < 1.29 is 24.3 Å². The lowest BCUT2D eigenvalue weighted by molar-refractivity contribution is -0.142. The molecule has 0 aliphatic rings. The second kappa shape index (κ2) is 17.4. The van der Waals surface area contributed by atoms with Crippen LogP contribution in [0.1, 0.15) is 57.9 Å². The lowest BCUT2D eigenvalue weighted by atomic mass is 10.00. The predicted molar refractivity (Wildman–Crippen MR) is 142 cm³/mol. The molecule has 0 spiro atoms. The number of carbonyl (C=O) groups excluding carboxylic acids is 3. The molecule has 0 saturated carbocycles. The fraction of sp³-hybridized carbons (Fsp3) is 0.615. The molecular weight excluding hydrogens is 476 g/mol. The first-order valence-corrected chi connectivity index (χ1v) is 12.9. The van der Waals surface area contributed by atoms with E-state index in [0.29, 0.717) is 45.2 Å². The molecule has 1 aromatic rings. The normalized spacial score (nSPS) is 14.3. The second-order valence-corrected chi connectivity index (χ2v) is 9.56.